The van der Waals surface area contributed by atoms with Crippen LogP contribution in [0, 0.1) is 0 Å². The van der Waals surface area contributed by atoms with E-state index in [0.717, 1.165) is 70.9 Å². The van der Waals surface area contributed by atoms with E-state index in [1.54, 1.807) is 0 Å². The molecule has 0 spiro atoms. The van der Waals surface area contributed by atoms with Crippen molar-refractivity contribution in [2.45, 2.75) is 31.8 Å². The largest absolute Gasteiger partial charge is 0.390 e. The number of hydrogen-bond acceptors (Lipinski definition) is 5. The summed E-state index contributed by atoms with van der Waals surface area (Å²) in [5, 5.41) is 10.2. The number of morpholine rings is 1. The minimum absolute atomic E-state index is 0.518. The normalized spacial score (nSPS) is 21.4. The Labute approximate surface area is 179 Å². The first-order chi connectivity index (χ1) is 14.6. The molecule has 1 aromatic heterocycles. The van der Waals surface area contributed by atoms with E-state index >= 15 is 0 Å². The molecule has 1 aliphatic carbocycles. The van der Waals surface area contributed by atoms with Gasteiger partial charge in [-0.1, -0.05) is 23.8 Å². The Morgan fingerprint density at radius 1 is 1.03 bits per heavy atom. The van der Waals surface area contributed by atoms with E-state index in [1.165, 1.54) is 28.0 Å². The van der Waals surface area contributed by atoms with Crippen LogP contribution in [0.1, 0.15) is 30.9 Å². The van der Waals surface area contributed by atoms with Gasteiger partial charge in [0.2, 0.25) is 0 Å². The highest BCUT2D eigenvalue weighted by Crippen LogP contribution is 2.34. The first kappa shape index (κ1) is 19.7. The smallest absolute Gasteiger partial charge is 0.0777 e. The number of anilines is 1. The molecule has 0 saturated carbocycles. The number of hydrogen-bond donors (Lipinski definition) is 1. The molecule has 5 nitrogen and oxygen atoms in total. The fourth-order valence-electron chi connectivity index (χ4n) is 4.78. The summed E-state index contributed by atoms with van der Waals surface area (Å²) >= 11 is 0. The Morgan fingerprint density at radius 2 is 1.77 bits per heavy atom. The van der Waals surface area contributed by atoms with Crippen LogP contribution < -0.4 is 4.90 Å². The van der Waals surface area contributed by atoms with Crippen molar-refractivity contribution < 1.29 is 9.84 Å². The van der Waals surface area contributed by atoms with Gasteiger partial charge in [-0.25, -0.2) is 0 Å². The Balaban J connectivity index is 1.33. The van der Waals surface area contributed by atoms with Crippen LogP contribution in [0.15, 0.2) is 42.1 Å². The van der Waals surface area contributed by atoms with Crippen molar-refractivity contribution in [3.8, 4) is 11.3 Å². The maximum atomic E-state index is 10.2. The van der Waals surface area contributed by atoms with Gasteiger partial charge in [-0.3, -0.25) is 9.88 Å². The van der Waals surface area contributed by atoms with E-state index in [-0.39, 0.29) is 0 Å². The molecular weight excluding hydrogens is 374 g/mol. The number of pyridine rings is 1. The molecule has 1 N–H and O–H groups in total. The average Bonchev–Trinajstić information content (AvgIpc) is 3.17. The Kier molecular flexibility index (Phi) is 5.35. The lowest BCUT2D eigenvalue weighted by molar-refractivity contribution is 0.0351. The molecule has 0 bridgehead atoms. The zero-order valence-electron chi connectivity index (χ0n) is 17.8. The second-order valence-electron chi connectivity index (χ2n) is 9.13. The quantitative estimate of drug-likeness (QED) is 0.845. The van der Waals surface area contributed by atoms with Crippen molar-refractivity contribution >= 4 is 11.8 Å². The monoisotopic (exact) mass is 405 g/mol. The van der Waals surface area contributed by atoms with Crippen LogP contribution in [0.2, 0.25) is 0 Å². The van der Waals surface area contributed by atoms with Crippen molar-refractivity contribution in [3.05, 3.63) is 53.2 Å². The summed E-state index contributed by atoms with van der Waals surface area (Å²) < 4.78 is 5.48. The van der Waals surface area contributed by atoms with Crippen LogP contribution in [0.4, 0.5) is 5.69 Å². The van der Waals surface area contributed by atoms with E-state index in [1.807, 2.05) is 13.1 Å². The highest BCUT2D eigenvalue weighted by atomic mass is 16.5. The lowest BCUT2D eigenvalue weighted by Gasteiger charge is -2.37. The molecule has 0 radical (unpaired) electrons. The number of rotatable bonds is 4. The van der Waals surface area contributed by atoms with E-state index in [4.69, 9.17) is 9.72 Å². The maximum Gasteiger partial charge on any atom is 0.0777 e. The second kappa shape index (κ2) is 8.14. The number of aliphatic hydroxyl groups is 1. The Morgan fingerprint density at radius 3 is 2.50 bits per heavy atom. The molecule has 0 atom stereocenters. The third kappa shape index (κ3) is 4.15. The molecule has 2 fully saturated rings. The van der Waals surface area contributed by atoms with Gasteiger partial charge in [0, 0.05) is 55.7 Å². The molecule has 2 aliphatic heterocycles. The van der Waals surface area contributed by atoms with Crippen LogP contribution in [0.3, 0.4) is 0 Å². The minimum atomic E-state index is -0.518. The summed E-state index contributed by atoms with van der Waals surface area (Å²) in [7, 11) is 0. The molecule has 5 heteroatoms. The predicted molar refractivity (Wildman–Crippen MR) is 121 cm³/mol. The minimum Gasteiger partial charge on any atom is -0.390 e. The van der Waals surface area contributed by atoms with Crippen LogP contribution in [-0.2, 0) is 11.2 Å². The second-order valence-corrected chi connectivity index (χ2v) is 9.13. The van der Waals surface area contributed by atoms with Gasteiger partial charge < -0.3 is 14.7 Å². The van der Waals surface area contributed by atoms with E-state index in [0.29, 0.717) is 0 Å². The van der Waals surface area contributed by atoms with Gasteiger partial charge in [0.15, 0.2) is 0 Å². The van der Waals surface area contributed by atoms with Crippen LogP contribution in [0.25, 0.3) is 17.3 Å². The topological polar surface area (TPSA) is 48.8 Å². The van der Waals surface area contributed by atoms with Gasteiger partial charge in [0.05, 0.1) is 24.5 Å². The summed E-state index contributed by atoms with van der Waals surface area (Å²) in [6.07, 6.45) is 6.96. The summed E-state index contributed by atoms with van der Waals surface area (Å²) in [5.74, 6) is 0. The van der Waals surface area contributed by atoms with Crippen LogP contribution >= 0.6 is 0 Å². The SMILES string of the molecule is CC1(O)CCN(c2ccc(-c3nccc4c3C=C(CN3CCOCC3)C4)cc2)CC1. The van der Waals surface area contributed by atoms with Crippen LogP contribution in [0.5, 0.6) is 0 Å². The van der Waals surface area contributed by atoms with Crippen molar-refractivity contribution in [2.75, 3.05) is 50.8 Å². The summed E-state index contributed by atoms with van der Waals surface area (Å²) in [6.45, 7) is 8.49. The third-order valence-corrected chi connectivity index (χ3v) is 6.72. The molecule has 5 rings (SSSR count). The highest BCUT2D eigenvalue weighted by molar-refractivity contribution is 5.78. The molecule has 2 aromatic rings. The maximum absolute atomic E-state index is 10.2. The number of piperidine rings is 1. The van der Waals surface area contributed by atoms with Gasteiger partial charge >= 0.3 is 0 Å². The molecule has 3 aliphatic rings. The zero-order chi connectivity index (χ0) is 20.6. The van der Waals surface area contributed by atoms with Gasteiger partial charge in [0.25, 0.3) is 0 Å². The van der Waals surface area contributed by atoms with Crippen molar-refractivity contribution in [1.29, 1.82) is 0 Å². The Hall–Kier alpha value is -2.21. The lowest BCUT2D eigenvalue weighted by Crippen LogP contribution is -2.42. The number of ether oxygens (including phenoxy) is 1. The molecular formula is C25H31N3O2. The highest BCUT2D eigenvalue weighted by Gasteiger charge is 2.27. The fraction of sp³-hybridized carbons (Fsp3) is 0.480. The van der Waals surface area contributed by atoms with Crippen molar-refractivity contribution in [2.24, 2.45) is 0 Å². The number of benzene rings is 1. The third-order valence-electron chi connectivity index (χ3n) is 6.72. The first-order valence-electron chi connectivity index (χ1n) is 11.1. The van der Waals surface area contributed by atoms with E-state index < -0.39 is 5.60 Å². The zero-order valence-corrected chi connectivity index (χ0v) is 17.8. The lowest BCUT2D eigenvalue weighted by atomic mass is 9.93. The molecule has 0 amide bonds. The summed E-state index contributed by atoms with van der Waals surface area (Å²) in [6, 6.07) is 10.9. The van der Waals surface area contributed by atoms with Crippen molar-refractivity contribution in [1.82, 2.24) is 9.88 Å². The van der Waals surface area contributed by atoms with E-state index in [2.05, 4.69) is 46.2 Å². The molecule has 158 valence electrons. The van der Waals surface area contributed by atoms with Gasteiger partial charge in [-0.05, 0) is 49.9 Å². The average molecular weight is 406 g/mol. The first-order valence-corrected chi connectivity index (χ1v) is 11.1. The molecule has 2 saturated heterocycles. The standard InChI is InChI=1S/C25H31N3O2/c1-25(29)7-10-28(11-8-25)22-4-2-20(3-5-22)24-23-17-19(16-21(23)6-9-26-24)18-27-12-14-30-15-13-27/h2-6,9,17,29H,7-8,10-16,18H2,1H3. The molecule has 3 heterocycles. The molecule has 30 heavy (non-hydrogen) atoms. The fourth-order valence-corrected chi connectivity index (χ4v) is 4.78. The molecule has 0 unspecified atom stereocenters. The predicted octanol–water partition coefficient (Wildman–Crippen LogP) is 3.37. The molecule has 1 aromatic carbocycles. The van der Waals surface area contributed by atoms with Gasteiger partial charge in [-0.15, -0.1) is 0 Å². The summed E-state index contributed by atoms with van der Waals surface area (Å²) in [5.41, 5.74) is 7.09. The Bertz CT molecular complexity index is 920. The number of fused-ring (bicyclic) bond motifs is 1. The van der Waals surface area contributed by atoms with Gasteiger partial charge in [-0.2, -0.15) is 0 Å². The number of nitrogens with zero attached hydrogens (tertiary/aromatic N) is 3. The summed E-state index contributed by atoms with van der Waals surface area (Å²) in [4.78, 5) is 9.59. The van der Waals surface area contributed by atoms with Crippen molar-refractivity contribution in [3.63, 3.8) is 0 Å². The van der Waals surface area contributed by atoms with E-state index in [9.17, 15) is 5.11 Å². The number of aromatic nitrogens is 1. The van der Waals surface area contributed by atoms with Gasteiger partial charge in [0.1, 0.15) is 0 Å². The van der Waals surface area contributed by atoms with Crippen LogP contribution in [-0.4, -0.2) is 66.5 Å².